The fourth-order valence-electron chi connectivity index (χ4n) is 2.35. The Kier molecular flexibility index (Phi) is 5.05. The molecule has 6 heteroatoms. The largest absolute Gasteiger partial charge is 0.338 e. The van der Waals surface area contributed by atoms with Gasteiger partial charge in [-0.15, -0.1) is 0 Å². The van der Waals surface area contributed by atoms with Crippen LogP contribution in [0.4, 0.5) is 5.69 Å². The van der Waals surface area contributed by atoms with Crippen molar-refractivity contribution in [2.45, 2.75) is 25.8 Å². The molecule has 0 aliphatic rings. The minimum absolute atomic E-state index is 0.116. The van der Waals surface area contributed by atoms with Crippen molar-refractivity contribution in [3.05, 3.63) is 58.2 Å². The summed E-state index contributed by atoms with van der Waals surface area (Å²) < 4.78 is 2.00. The summed E-state index contributed by atoms with van der Waals surface area (Å²) in [4.78, 5) is 14.8. The lowest BCUT2D eigenvalue weighted by atomic mass is 10.0. The first kappa shape index (κ1) is 15.2. The molecule has 0 aliphatic carbocycles. The third kappa shape index (κ3) is 3.88. The Labute approximate surface area is 124 Å². The molecule has 2 rings (SSSR count). The Morgan fingerprint density at radius 1 is 1.48 bits per heavy atom. The lowest BCUT2D eigenvalue weighted by molar-refractivity contribution is -0.384. The van der Waals surface area contributed by atoms with Crippen molar-refractivity contribution in [2.75, 3.05) is 6.54 Å². The third-order valence-electron chi connectivity index (χ3n) is 3.55. The predicted octanol–water partition coefficient (Wildman–Crippen LogP) is 2.61. The van der Waals surface area contributed by atoms with E-state index >= 15 is 0 Å². The molecular formula is C15H20N4O2. The molecule has 112 valence electrons. The SMILES string of the molecule is CCC(NCCc1nccn1C)c1cccc([N+](=O)[O-])c1. The number of aryl methyl sites for hydroxylation is 1. The van der Waals surface area contributed by atoms with Gasteiger partial charge >= 0.3 is 0 Å². The zero-order valence-corrected chi connectivity index (χ0v) is 12.3. The summed E-state index contributed by atoms with van der Waals surface area (Å²) in [7, 11) is 1.97. The van der Waals surface area contributed by atoms with Gasteiger partial charge < -0.3 is 9.88 Å². The van der Waals surface area contributed by atoms with E-state index in [4.69, 9.17) is 0 Å². The van der Waals surface area contributed by atoms with E-state index in [2.05, 4.69) is 17.2 Å². The monoisotopic (exact) mass is 288 g/mol. The van der Waals surface area contributed by atoms with Crippen LogP contribution in [0.2, 0.25) is 0 Å². The zero-order chi connectivity index (χ0) is 15.2. The molecule has 0 saturated carbocycles. The first-order chi connectivity index (χ1) is 10.1. The van der Waals surface area contributed by atoms with Crippen LogP contribution < -0.4 is 5.32 Å². The van der Waals surface area contributed by atoms with Gasteiger partial charge in [0.15, 0.2) is 0 Å². The zero-order valence-electron chi connectivity index (χ0n) is 12.3. The number of nitro groups is 1. The van der Waals surface area contributed by atoms with Crippen molar-refractivity contribution >= 4 is 5.69 Å². The highest BCUT2D eigenvalue weighted by molar-refractivity contribution is 5.35. The number of nitrogens with zero attached hydrogens (tertiary/aromatic N) is 3. The van der Waals surface area contributed by atoms with Gasteiger partial charge in [0.1, 0.15) is 5.82 Å². The molecule has 0 fully saturated rings. The number of imidazole rings is 1. The maximum Gasteiger partial charge on any atom is 0.269 e. The van der Waals surface area contributed by atoms with Crippen molar-refractivity contribution in [1.82, 2.24) is 14.9 Å². The molecule has 0 saturated heterocycles. The first-order valence-corrected chi connectivity index (χ1v) is 7.05. The second-order valence-electron chi connectivity index (χ2n) is 4.97. The summed E-state index contributed by atoms with van der Waals surface area (Å²) in [5.74, 6) is 1.02. The minimum Gasteiger partial charge on any atom is -0.338 e. The van der Waals surface area contributed by atoms with Crippen molar-refractivity contribution in [3.63, 3.8) is 0 Å². The highest BCUT2D eigenvalue weighted by Crippen LogP contribution is 2.21. The Morgan fingerprint density at radius 3 is 2.90 bits per heavy atom. The normalized spacial score (nSPS) is 12.3. The van der Waals surface area contributed by atoms with Crippen LogP contribution >= 0.6 is 0 Å². The molecule has 0 aliphatic heterocycles. The molecule has 1 N–H and O–H groups in total. The van der Waals surface area contributed by atoms with Crippen LogP contribution in [-0.2, 0) is 13.5 Å². The molecule has 1 unspecified atom stereocenters. The van der Waals surface area contributed by atoms with E-state index in [1.807, 2.05) is 23.9 Å². The highest BCUT2D eigenvalue weighted by atomic mass is 16.6. The maximum absolute atomic E-state index is 10.8. The third-order valence-corrected chi connectivity index (χ3v) is 3.55. The van der Waals surface area contributed by atoms with Crippen LogP contribution in [0.1, 0.15) is 30.8 Å². The van der Waals surface area contributed by atoms with Crippen molar-refractivity contribution < 1.29 is 4.92 Å². The molecule has 6 nitrogen and oxygen atoms in total. The lowest BCUT2D eigenvalue weighted by Gasteiger charge is -2.17. The smallest absolute Gasteiger partial charge is 0.269 e. The van der Waals surface area contributed by atoms with Gasteiger partial charge in [0.25, 0.3) is 5.69 Å². The summed E-state index contributed by atoms with van der Waals surface area (Å²) in [5.41, 5.74) is 1.09. The fourth-order valence-corrected chi connectivity index (χ4v) is 2.35. The van der Waals surface area contributed by atoms with Gasteiger partial charge in [0.05, 0.1) is 4.92 Å². The molecule has 0 radical (unpaired) electrons. The average Bonchev–Trinajstić information content (AvgIpc) is 2.89. The second kappa shape index (κ2) is 6.99. The van der Waals surface area contributed by atoms with E-state index in [1.54, 1.807) is 18.3 Å². The Bertz CT molecular complexity index is 609. The first-order valence-electron chi connectivity index (χ1n) is 7.05. The quantitative estimate of drug-likeness (QED) is 0.628. The number of hydrogen-bond donors (Lipinski definition) is 1. The van der Waals surface area contributed by atoms with Gasteiger partial charge in [0.2, 0.25) is 0 Å². The molecule has 1 heterocycles. The predicted molar refractivity (Wildman–Crippen MR) is 81.0 cm³/mol. The Morgan fingerprint density at radius 2 is 2.29 bits per heavy atom. The summed E-state index contributed by atoms with van der Waals surface area (Å²) in [5, 5.41) is 14.3. The number of nitro benzene ring substituents is 1. The average molecular weight is 288 g/mol. The Balaban J connectivity index is 1.98. The van der Waals surface area contributed by atoms with Crippen molar-refractivity contribution in [2.24, 2.45) is 7.05 Å². The van der Waals surface area contributed by atoms with E-state index in [0.29, 0.717) is 0 Å². The van der Waals surface area contributed by atoms with Crippen molar-refractivity contribution in [1.29, 1.82) is 0 Å². The summed E-state index contributed by atoms with van der Waals surface area (Å²) >= 11 is 0. The highest BCUT2D eigenvalue weighted by Gasteiger charge is 2.13. The van der Waals surface area contributed by atoms with Gasteiger partial charge in [-0.3, -0.25) is 10.1 Å². The maximum atomic E-state index is 10.8. The molecule has 0 amide bonds. The van der Waals surface area contributed by atoms with Crippen LogP contribution in [0.15, 0.2) is 36.7 Å². The topological polar surface area (TPSA) is 73.0 Å². The van der Waals surface area contributed by atoms with E-state index in [0.717, 1.165) is 30.8 Å². The van der Waals surface area contributed by atoms with E-state index in [1.165, 1.54) is 6.07 Å². The van der Waals surface area contributed by atoms with Gasteiger partial charge in [-0.05, 0) is 12.0 Å². The lowest BCUT2D eigenvalue weighted by Crippen LogP contribution is -2.24. The number of nitrogens with one attached hydrogen (secondary N) is 1. The number of aromatic nitrogens is 2. The van der Waals surface area contributed by atoms with Crippen LogP contribution in [0.3, 0.4) is 0 Å². The van der Waals surface area contributed by atoms with Gasteiger partial charge in [-0.25, -0.2) is 4.98 Å². The van der Waals surface area contributed by atoms with E-state index < -0.39 is 0 Å². The summed E-state index contributed by atoms with van der Waals surface area (Å²) in [6.07, 6.45) is 5.41. The molecule has 1 atom stereocenters. The van der Waals surface area contributed by atoms with Crippen LogP contribution in [0.5, 0.6) is 0 Å². The summed E-state index contributed by atoms with van der Waals surface area (Å²) in [6.45, 7) is 2.85. The molecule has 2 aromatic rings. The molecule has 1 aromatic heterocycles. The van der Waals surface area contributed by atoms with Crippen molar-refractivity contribution in [3.8, 4) is 0 Å². The van der Waals surface area contributed by atoms with Gasteiger partial charge in [-0.2, -0.15) is 0 Å². The van der Waals surface area contributed by atoms with Crippen LogP contribution in [0.25, 0.3) is 0 Å². The standard InChI is InChI=1S/C15H20N4O2/c1-3-14(12-5-4-6-13(11-12)19(20)21)16-8-7-15-17-9-10-18(15)2/h4-6,9-11,14,16H,3,7-8H2,1-2H3. The number of hydrogen-bond acceptors (Lipinski definition) is 4. The molecule has 21 heavy (non-hydrogen) atoms. The number of non-ortho nitro benzene ring substituents is 1. The molecule has 0 bridgehead atoms. The second-order valence-corrected chi connectivity index (χ2v) is 4.97. The van der Waals surface area contributed by atoms with Gasteiger partial charge in [0, 0.05) is 50.6 Å². The van der Waals surface area contributed by atoms with Crippen LogP contribution in [0, 0.1) is 10.1 Å². The summed E-state index contributed by atoms with van der Waals surface area (Å²) in [6, 6.07) is 6.93. The molecular weight excluding hydrogens is 268 g/mol. The number of benzene rings is 1. The molecule has 0 spiro atoms. The number of rotatable bonds is 7. The van der Waals surface area contributed by atoms with E-state index in [-0.39, 0.29) is 16.7 Å². The van der Waals surface area contributed by atoms with Crippen LogP contribution in [-0.4, -0.2) is 21.0 Å². The van der Waals surface area contributed by atoms with Gasteiger partial charge in [-0.1, -0.05) is 19.1 Å². The Hall–Kier alpha value is -2.21. The van der Waals surface area contributed by atoms with E-state index in [9.17, 15) is 10.1 Å². The fraction of sp³-hybridized carbons (Fsp3) is 0.400. The minimum atomic E-state index is -0.357. The molecule has 1 aromatic carbocycles.